The molecule has 2 heterocycles. The number of rotatable bonds is 3. The van der Waals surface area contributed by atoms with Crippen molar-refractivity contribution >= 4 is 35.0 Å². The van der Waals surface area contributed by atoms with Crippen LogP contribution in [0.25, 0.3) is 0 Å². The van der Waals surface area contributed by atoms with Crippen LogP contribution >= 0.6 is 23.2 Å². The molecule has 2 amide bonds. The lowest BCUT2D eigenvalue weighted by molar-refractivity contribution is -0.136. The van der Waals surface area contributed by atoms with Gasteiger partial charge < -0.3 is 15.0 Å². The number of nitrogens with zero attached hydrogens (tertiary/aromatic N) is 3. The van der Waals surface area contributed by atoms with Crippen LogP contribution in [0.5, 0.6) is 0 Å². The highest BCUT2D eigenvalue weighted by Gasteiger charge is 2.25. The van der Waals surface area contributed by atoms with Crippen molar-refractivity contribution in [3.05, 3.63) is 21.9 Å². The third-order valence-corrected chi connectivity index (χ3v) is 3.47. The molecule has 1 unspecified atom stereocenters. The summed E-state index contributed by atoms with van der Waals surface area (Å²) in [5.74, 6) is -0.693. The number of amides is 2. The van der Waals surface area contributed by atoms with Crippen LogP contribution < -0.4 is 5.32 Å². The predicted molar refractivity (Wildman–Crippen MR) is 76.4 cm³/mol. The molecule has 1 aliphatic heterocycles. The zero-order valence-corrected chi connectivity index (χ0v) is 12.8. The van der Waals surface area contributed by atoms with Crippen LogP contribution in [0.4, 0.5) is 0 Å². The summed E-state index contributed by atoms with van der Waals surface area (Å²) < 4.78 is 5.18. The molecule has 0 bridgehead atoms. The lowest BCUT2D eigenvalue weighted by atomic mass is 10.2. The number of hydrogen-bond acceptors (Lipinski definition) is 5. The molecule has 1 saturated heterocycles. The fourth-order valence-electron chi connectivity index (χ4n) is 1.91. The molecule has 0 radical (unpaired) electrons. The monoisotopic (exact) mass is 332 g/mol. The van der Waals surface area contributed by atoms with Gasteiger partial charge >= 0.3 is 0 Å². The molecule has 9 heteroatoms. The van der Waals surface area contributed by atoms with Crippen molar-refractivity contribution in [3.8, 4) is 0 Å². The van der Waals surface area contributed by atoms with Crippen molar-refractivity contribution < 1.29 is 14.3 Å². The SMILES string of the molecule is CC(NC(=O)c1cc(Cl)nnc1Cl)C(=O)N1CCOCC1. The Morgan fingerprint density at radius 1 is 1.33 bits per heavy atom. The Hall–Kier alpha value is -1.44. The molecular formula is C12H14Cl2N4O3. The molecule has 21 heavy (non-hydrogen) atoms. The van der Waals surface area contributed by atoms with Gasteiger partial charge in [0.25, 0.3) is 5.91 Å². The van der Waals surface area contributed by atoms with E-state index in [4.69, 9.17) is 27.9 Å². The van der Waals surface area contributed by atoms with Crippen LogP contribution in [-0.2, 0) is 9.53 Å². The Morgan fingerprint density at radius 2 is 2.00 bits per heavy atom. The van der Waals surface area contributed by atoms with E-state index < -0.39 is 11.9 Å². The van der Waals surface area contributed by atoms with Crippen molar-refractivity contribution in [1.29, 1.82) is 0 Å². The van der Waals surface area contributed by atoms with Crippen LogP contribution in [0.3, 0.4) is 0 Å². The summed E-state index contributed by atoms with van der Waals surface area (Å²) >= 11 is 11.5. The first-order valence-corrected chi connectivity index (χ1v) is 7.10. The first-order valence-electron chi connectivity index (χ1n) is 6.35. The highest BCUT2D eigenvalue weighted by Crippen LogP contribution is 2.15. The van der Waals surface area contributed by atoms with Gasteiger partial charge in [0, 0.05) is 13.1 Å². The molecule has 7 nitrogen and oxygen atoms in total. The standard InChI is InChI=1S/C12H14Cl2N4O3/c1-7(12(20)18-2-4-21-5-3-18)15-11(19)8-6-9(13)16-17-10(8)14/h6-7H,2-5H2,1H3,(H,15,19). The number of ether oxygens (including phenoxy) is 1. The maximum atomic E-state index is 12.2. The summed E-state index contributed by atoms with van der Waals surface area (Å²) in [5.41, 5.74) is 0.0818. The van der Waals surface area contributed by atoms with E-state index in [2.05, 4.69) is 15.5 Å². The fraction of sp³-hybridized carbons (Fsp3) is 0.500. The van der Waals surface area contributed by atoms with Crippen molar-refractivity contribution in [2.75, 3.05) is 26.3 Å². The summed E-state index contributed by atoms with van der Waals surface area (Å²) in [7, 11) is 0. The Kier molecular flexibility index (Phi) is 5.33. The number of aromatic nitrogens is 2. The van der Waals surface area contributed by atoms with Crippen molar-refractivity contribution in [1.82, 2.24) is 20.4 Å². The molecular weight excluding hydrogens is 319 g/mol. The molecule has 1 aromatic heterocycles. The van der Waals surface area contributed by atoms with Gasteiger partial charge in [0.2, 0.25) is 5.91 Å². The number of hydrogen-bond donors (Lipinski definition) is 1. The van der Waals surface area contributed by atoms with E-state index >= 15 is 0 Å². The average molecular weight is 333 g/mol. The summed E-state index contributed by atoms with van der Waals surface area (Å²) in [4.78, 5) is 25.9. The summed E-state index contributed by atoms with van der Waals surface area (Å²) in [5, 5.41) is 9.64. The Labute approximate surface area is 131 Å². The molecule has 2 rings (SSSR count). The first kappa shape index (κ1) is 15.9. The average Bonchev–Trinajstić information content (AvgIpc) is 2.49. The van der Waals surface area contributed by atoms with Crippen LogP contribution in [0, 0.1) is 0 Å². The minimum Gasteiger partial charge on any atom is -0.378 e. The molecule has 0 aromatic carbocycles. The van der Waals surface area contributed by atoms with E-state index in [1.54, 1.807) is 11.8 Å². The molecule has 114 valence electrons. The number of halogens is 2. The van der Waals surface area contributed by atoms with E-state index in [1.165, 1.54) is 6.07 Å². The Bertz CT molecular complexity index is 549. The maximum absolute atomic E-state index is 12.2. The van der Waals surface area contributed by atoms with E-state index in [0.717, 1.165) is 0 Å². The second-order valence-electron chi connectivity index (χ2n) is 4.50. The van der Waals surface area contributed by atoms with Crippen molar-refractivity contribution in [2.24, 2.45) is 0 Å². The van der Waals surface area contributed by atoms with Gasteiger partial charge in [-0.25, -0.2) is 0 Å². The number of carbonyl (C=O) groups is 2. The van der Waals surface area contributed by atoms with Gasteiger partial charge in [-0.1, -0.05) is 23.2 Å². The van der Waals surface area contributed by atoms with E-state index in [0.29, 0.717) is 26.3 Å². The normalized spacial score (nSPS) is 16.4. The van der Waals surface area contributed by atoms with E-state index in [9.17, 15) is 9.59 Å². The number of morpholine rings is 1. The lowest BCUT2D eigenvalue weighted by Crippen LogP contribution is -2.50. The van der Waals surface area contributed by atoms with Crippen molar-refractivity contribution in [2.45, 2.75) is 13.0 Å². The largest absolute Gasteiger partial charge is 0.378 e. The first-order chi connectivity index (χ1) is 9.99. The minimum absolute atomic E-state index is 0.0525. The smallest absolute Gasteiger partial charge is 0.255 e. The number of nitrogens with one attached hydrogen (secondary N) is 1. The molecule has 1 fully saturated rings. The minimum atomic E-state index is -0.682. The van der Waals surface area contributed by atoms with Gasteiger partial charge in [-0.2, -0.15) is 0 Å². The second kappa shape index (κ2) is 7.02. The zero-order chi connectivity index (χ0) is 15.4. The molecule has 1 aromatic rings. The third kappa shape index (κ3) is 4.03. The maximum Gasteiger partial charge on any atom is 0.255 e. The van der Waals surface area contributed by atoms with Crippen molar-refractivity contribution in [3.63, 3.8) is 0 Å². The zero-order valence-electron chi connectivity index (χ0n) is 11.3. The highest BCUT2D eigenvalue weighted by molar-refractivity contribution is 6.34. The summed E-state index contributed by atoms with van der Waals surface area (Å²) in [6.07, 6.45) is 0. The second-order valence-corrected chi connectivity index (χ2v) is 5.25. The summed E-state index contributed by atoms with van der Waals surface area (Å²) in [6, 6.07) is 0.622. The topological polar surface area (TPSA) is 84.4 Å². The Balaban J connectivity index is 2.01. The van der Waals surface area contributed by atoms with Gasteiger partial charge in [0.1, 0.15) is 6.04 Å². The molecule has 1 atom stereocenters. The molecule has 1 aliphatic rings. The van der Waals surface area contributed by atoms with Crippen LogP contribution in [0.1, 0.15) is 17.3 Å². The lowest BCUT2D eigenvalue weighted by Gasteiger charge is -2.29. The molecule has 0 spiro atoms. The molecule has 0 saturated carbocycles. The van der Waals surface area contributed by atoms with Gasteiger partial charge in [0.15, 0.2) is 10.3 Å². The number of carbonyl (C=O) groups excluding carboxylic acids is 2. The van der Waals surface area contributed by atoms with Crippen LogP contribution in [-0.4, -0.2) is 59.3 Å². The predicted octanol–water partition coefficient (Wildman–Crippen LogP) is 0.760. The third-order valence-electron chi connectivity index (χ3n) is 3.00. The summed E-state index contributed by atoms with van der Waals surface area (Å²) in [6.45, 7) is 3.65. The molecule has 1 N–H and O–H groups in total. The van der Waals surface area contributed by atoms with Gasteiger partial charge in [-0.15, -0.1) is 10.2 Å². The molecule has 0 aliphatic carbocycles. The van der Waals surface area contributed by atoms with Crippen LogP contribution in [0.2, 0.25) is 10.3 Å². The quantitative estimate of drug-likeness (QED) is 0.883. The Morgan fingerprint density at radius 3 is 2.67 bits per heavy atom. The van der Waals surface area contributed by atoms with Gasteiger partial charge in [-0.05, 0) is 13.0 Å². The van der Waals surface area contributed by atoms with Gasteiger partial charge in [0.05, 0.1) is 18.8 Å². The van der Waals surface area contributed by atoms with Crippen LogP contribution in [0.15, 0.2) is 6.07 Å². The van der Waals surface area contributed by atoms with E-state index in [1.807, 2.05) is 0 Å². The van der Waals surface area contributed by atoms with E-state index in [-0.39, 0.29) is 21.8 Å². The fourth-order valence-corrected chi connectivity index (χ4v) is 2.23. The van der Waals surface area contributed by atoms with Gasteiger partial charge in [-0.3, -0.25) is 9.59 Å². The highest BCUT2D eigenvalue weighted by atomic mass is 35.5.